The summed E-state index contributed by atoms with van der Waals surface area (Å²) in [7, 11) is 0. The van der Waals surface area contributed by atoms with Gasteiger partial charge in [-0.15, -0.1) is 0 Å². The maximum Gasteiger partial charge on any atom is 0.119 e. The van der Waals surface area contributed by atoms with E-state index in [0.29, 0.717) is 18.9 Å². The van der Waals surface area contributed by atoms with Crippen LogP contribution in [0.15, 0.2) is 48.5 Å². The lowest BCUT2D eigenvalue weighted by molar-refractivity contribution is 0.287. The summed E-state index contributed by atoms with van der Waals surface area (Å²) >= 11 is 0. The van der Waals surface area contributed by atoms with Crippen molar-refractivity contribution in [2.75, 3.05) is 13.2 Å². The van der Waals surface area contributed by atoms with Crippen LogP contribution >= 0.6 is 0 Å². The summed E-state index contributed by atoms with van der Waals surface area (Å²) in [6, 6.07) is 13.6. The highest BCUT2D eigenvalue weighted by molar-refractivity contribution is 5.35. The molecule has 0 aliphatic rings. The van der Waals surface area contributed by atoms with Crippen molar-refractivity contribution in [3.63, 3.8) is 0 Å². The van der Waals surface area contributed by atoms with E-state index in [1.165, 1.54) is 0 Å². The van der Waals surface area contributed by atoms with E-state index in [-0.39, 0.29) is 17.4 Å². The Balaban J connectivity index is 2.04. The molecule has 0 amide bonds. The van der Waals surface area contributed by atoms with E-state index in [0.717, 1.165) is 5.56 Å². The van der Waals surface area contributed by atoms with Crippen LogP contribution in [0.4, 0.5) is 0 Å². The molecule has 4 N–H and O–H groups in total. The Bertz CT molecular complexity index is 525. The lowest BCUT2D eigenvalue weighted by atomic mass is 9.99. The molecule has 0 saturated carbocycles. The summed E-state index contributed by atoms with van der Waals surface area (Å²) < 4.78 is 5.62. The summed E-state index contributed by atoms with van der Waals surface area (Å²) in [6.07, 6.45) is 0. The minimum absolute atomic E-state index is 0.0741. The Morgan fingerprint density at radius 1 is 1.00 bits per heavy atom. The summed E-state index contributed by atoms with van der Waals surface area (Å²) in [5.74, 6) is 1.01. The van der Waals surface area contributed by atoms with E-state index in [1.807, 2.05) is 12.1 Å². The molecule has 2 aromatic rings. The van der Waals surface area contributed by atoms with Crippen molar-refractivity contribution in [3.05, 3.63) is 54.1 Å². The molecule has 1 unspecified atom stereocenters. The van der Waals surface area contributed by atoms with Gasteiger partial charge in [0, 0.05) is 18.0 Å². The summed E-state index contributed by atoms with van der Waals surface area (Å²) in [5, 5.41) is 19.0. The molecule has 0 saturated heterocycles. The van der Waals surface area contributed by atoms with E-state index in [1.54, 1.807) is 36.4 Å². The van der Waals surface area contributed by atoms with Gasteiger partial charge in [-0.05, 0) is 30.3 Å². The average molecular weight is 259 g/mol. The third-order valence-corrected chi connectivity index (χ3v) is 2.95. The number of hydrogen-bond donors (Lipinski definition) is 3. The van der Waals surface area contributed by atoms with Crippen molar-refractivity contribution in [2.45, 2.75) is 5.92 Å². The van der Waals surface area contributed by atoms with Gasteiger partial charge < -0.3 is 20.7 Å². The van der Waals surface area contributed by atoms with Crippen molar-refractivity contribution in [3.8, 4) is 17.2 Å². The fourth-order valence-corrected chi connectivity index (χ4v) is 1.86. The third-order valence-electron chi connectivity index (χ3n) is 2.95. The molecular formula is C15H17NO3. The summed E-state index contributed by atoms with van der Waals surface area (Å²) in [5.41, 5.74) is 6.51. The quantitative estimate of drug-likeness (QED) is 0.769. The van der Waals surface area contributed by atoms with Gasteiger partial charge in [0.1, 0.15) is 17.2 Å². The van der Waals surface area contributed by atoms with Crippen LogP contribution in [0.5, 0.6) is 17.2 Å². The van der Waals surface area contributed by atoms with Gasteiger partial charge in [0.2, 0.25) is 0 Å². The molecule has 19 heavy (non-hydrogen) atoms. The van der Waals surface area contributed by atoms with Crippen molar-refractivity contribution in [2.24, 2.45) is 5.73 Å². The van der Waals surface area contributed by atoms with Crippen LogP contribution in [0.1, 0.15) is 11.5 Å². The molecule has 0 radical (unpaired) electrons. The van der Waals surface area contributed by atoms with Crippen molar-refractivity contribution >= 4 is 0 Å². The first kappa shape index (κ1) is 13.2. The number of ether oxygens (including phenoxy) is 1. The molecule has 0 fully saturated rings. The lowest BCUT2D eigenvalue weighted by Gasteiger charge is -2.17. The van der Waals surface area contributed by atoms with Crippen LogP contribution in [-0.2, 0) is 0 Å². The Labute approximate surface area is 112 Å². The van der Waals surface area contributed by atoms with E-state index >= 15 is 0 Å². The molecule has 0 heterocycles. The topological polar surface area (TPSA) is 75.7 Å². The molecule has 0 aliphatic carbocycles. The number of phenolic OH excluding ortho intramolecular Hbond substituents is 2. The lowest BCUT2D eigenvalue weighted by Crippen LogP contribution is -2.19. The SMILES string of the molecule is NCC(COc1ccc(O)cc1)c1ccccc1O. The van der Waals surface area contributed by atoms with Crippen LogP contribution in [0.25, 0.3) is 0 Å². The number of aromatic hydroxyl groups is 2. The zero-order chi connectivity index (χ0) is 13.7. The summed E-state index contributed by atoms with van der Waals surface area (Å²) in [4.78, 5) is 0. The van der Waals surface area contributed by atoms with Crippen LogP contribution in [0, 0.1) is 0 Å². The van der Waals surface area contributed by atoms with Crippen LogP contribution in [0.2, 0.25) is 0 Å². The van der Waals surface area contributed by atoms with E-state index in [9.17, 15) is 10.2 Å². The first-order valence-electron chi connectivity index (χ1n) is 6.10. The number of rotatable bonds is 5. The largest absolute Gasteiger partial charge is 0.508 e. The standard InChI is InChI=1S/C15H17NO3/c16-9-11(14-3-1-2-4-15(14)18)10-19-13-7-5-12(17)6-8-13/h1-8,11,17-18H,9-10,16H2. The minimum Gasteiger partial charge on any atom is -0.508 e. The molecule has 0 spiro atoms. The number of nitrogens with two attached hydrogens (primary N) is 1. The van der Waals surface area contributed by atoms with Crippen LogP contribution in [0.3, 0.4) is 0 Å². The molecule has 0 bridgehead atoms. The molecule has 100 valence electrons. The van der Waals surface area contributed by atoms with Crippen molar-refractivity contribution < 1.29 is 14.9 Å². The van der Waals surface area contributed by atoms with Gasteiger partial charge in [-0.2, -0.15) is 0 Å². The smallest absolute Gasteiger partial charge is 0.119 e. The molecule has 2 rings (SSSR count). The van der Waals surface area contributed by atoms with Gasteiger partial charge in [-0.1, -0.05) is 18.2 Å². The Morgan fingerprint density at radius 3 is 2.32 bits per heavy atom. The maximum atomic E-state index is 9.80. The molecule has 2 aromatic carbocycles. The third kappa shape index (κ3) is 3.39. The zero-order valence-corrected chi connectivity index (χ0v) is 10.5. The Hall–Kier alpha value is -2.20. The van der Waals surface area contributed by atoms with E-state index in [4.69, 9.17) is 10.5 Å². The van der Waals surface area contributed by atoms with Gasteiger partial charge in [-0.3, -0.25) is 0 Å². The minimum atomic E-state index is -0.0741. The number of para-hydroxylation sites is 1. The molecule has 4 nitrogen and oxygen atoms in total. The zero-order valence-electron chi connectivity index (χ0n) is 10.5. The number of hydrogen-bond acceptors (Lipinski definition) is 4. The number of benzene rings is 2. The first-order chi connectivity index (χ1) is 9.20. The fraction of sp³-hybridized carbons (Fsp3) is 0.200. The van der Waals surface area contributed by atoms with Crippen LogP contribution in [-0.4, -0.2) is 23.4 Å². The van der Waals surface area contributed by atoms with Gasteiger partial charge in [-0.25, -0.2) is 0 Å². The van der Waals surface area contributed by atoms with Gasteiger partial charge >= 0.3 is 0 Å². The van der Waals surface area contributed by atoms with Gasteiger partial charge in [0.25, 0.3) is 0 Å². The van der Waals surface area contributed by atoms with Crippen LogP contribution < -0.4 is 10.5 Å². The predicted octanol–water partition coefficient (Wildman–Crippen LogP) is 2.22. The van der Waals surface area contributed by atoms with Crippen molar-refractivity contribution in [1.82, 2.24) is 0 Å². The second kappa shape index (κ2) is 6.11. The van der Waals surface area contributed by atoms with Crippen molar-refractivity contribution in [1.29, 1.82) is 0 Å². The Morgan fingerprint density at radius 2 is 1.68 bits per heavy atom. The maximum absolute atomic E-state index is 9.80. The average Bonchev–Trinajstić information content (AvgIpc) is 2.43. The predicted molar refractivity (Wildman–Crippen MR) is 73.5 cm³/mol. The monoisotopic (exact) mass is 259 g/mol. The molecule has 1 atom stereocenters. The van der Waals surface area contributed by atoms with E-state index in [2.05, 4.69) is 0 Å². The second-order valence-corrected chi connectivity index (χ2v) is 4.30. The molecule has 4 heteroatoms. The molecule has 0 aliphatic heterocycles. The van der Waals surface area contributed by atoms with E-state index < -0.39 is 0 Å². The fourth-order valence-electron chi connectivity index (χ4n) is 1.86. The second-order valence-electron chi connectivity index (χ2n) is 4.30. The number of phenols is 2. The molecular weight excluding hydrogens is 242 g/mol. The normalized spacial score (nSPS) is 12.1. The Kier molecular flexibility index (Phi) is 4.26. The van der Waals surface area contributed by atoms with Gasteiger partial charge in [0.15, 0.2) is 0 Å². The highest BCUT2D eigenvalue weighted by Crippen LogP contribution is 2.26. The summed E-state index contributed by atoms with van der Waals surface area (Å²) in [6.45, 7) is 0.758. The highest BCUT2D eigenvalue weighted by Gasteiger charge is 2.14. The molecule has 0 aromatic heterocycles. The highest BCUT2D eigenvalue weighted by atomic mass is 16.5. The van der Waals surface area contributed by atoms with Gasteiger partial charge in [0.05, 0.1) is 6.61 Å². The first-order valence-corrected chi connectivity index (χ1v) is 6.10.